The maximum Gasteiger partial charge on any atom is 0.261 e. The normalized spacial score (nSPS) is 10.3. The molecule has 1 aromatic heterocycles. The lowest BCUT2D eigenvalue weighted by molar-refractivity contribution is 0.0954. The van der Waals surface area contributed by atoms with E-state index in [1.807, 2.05) is 18.2 Å². The van der Waals surface area contributed by atoms with Crippen molar-refractivity contribution in [3.05, 3.63) is 45.6 Å². The fourth-order valence-corrected chi connectivity index (χ4v) is 2.75. The number of nitrogens with one attached hydrogen (secondary N) is 1. The van der Waals surface area contributed by atoms with Crippen LogP contribution in [-0.4, -0.2) is 13.0 Å². The van der Waals surface area contributed by atoms with E-state index in [0.717, 1.165) is 22.6 Å². The number of carbonyl (C=O) groups is 1. The smallest absolute Gasteiger partial charge is 0.261 e. The Hall–Kier alpha value is -2.01. The van der Waals surface area contributed by atoms with Gasteiger partial charge in [-0.2, -0.15) is 0 Å². The number of rotatable bonds is 5. The summed E-state index contributed by atoms with van der Waals surface area (Å²) in [7, 11) is 1.60. The largest absolute Gasteiger partial charge is 0.496 e. The van der Waals surface area contributed by atoms with Crippen LogP contribution in [0.2, 0.25) is 0 Å². The van der Waals surface area contributed by atoms with E-state index in [0.29, 0.717) is 12.2 Å². The molecule has 106 valence electrons. The van der Waals surface area contributed by atoms with Gasteiger partial charge < -0.3 is 15.8 Å². The fourth-order valence-electron chi connectivity index (χ4n) is 1.89. The fraction of sp³-hybridized carbons (Fsp3) is 0.267. The van der Waals surface area contributed by atoms with Crippen molar-refractivity contribution in [3.63, 3.8) is 0 Å². The van der Waals surface area contributed by atoms with Gasteiger partial charge in [-0.1, -0.05) is 6.92 Å². The molecular formula is C15H18N2O2S. The molecule has 1 aromatic carbocycles. The molecular weight excluding hydrogens is 272 g/mol. The SMILES string of the molecule is CCc1ccc(C(=O)NCc2cc(N)ccc2OC)s1. The van der Waals surface area contributed by atoms with Gasteiger partial charge in [0.2, 0.25) is 0 Å². The maximum atomic E-state index is 12.1. The van der Waals surface area contributed by atoms with Crippen molar-refractivity contribution in [1.82, 2.24) is 5.32 Å². The summed E-state index contributed by atoms with van der Waals surface area (Å²) in [5.74, 6) is 0.652. The minimum absolute atomic E-state index is 0.0702. The van der Waals surface area contributed by atoms with Crippen LogP contribution in [0.25, 0.3) is 0 Å². The Bertz CT molecular complexity index is 608. The molecule has 20 heavy (non-hydrogen) atoms. The first-order valence-corrected chi connectivity index (χ1v) is 7.25. The first-order chi connectivity index (χ1) is 9.63. The standard InChI is InChI=1S/C15H18N2O2S/c1-3-12-5-7-14(20-12)15(18)17-9-10-8-11(16)4-6-13(10)19-2/h4-8H,3,9,16H2,1-2H3,(H,17,18). The highest BCUT2D eigenvalue weighted by Gasteiger charge is 2.10. The molecule has 5 heteroatoms. The number of methoxy groups -OCH3 is 1. The predicted molar refractivity (Wildman–Crippen MR) is 82.3 cm³/mol. The number of thiophene rings is 1. The number of hydrogen-bond donors (Lipinski definition) is 2. The topological polar surface area (TPSA) is 64.4 Å². The molecule has 2 rings (SSSR count). The van der Waals surface area contributed by atoms with Crippen molar-refractivity contribution in [3.8, 4) is 5.75 Å². The van der Waals surface area contributed by atoms with Gasteiger partial charge in [0.1, 0.15) is 5.75 Å². The highest BCUT2D eigenvalue weighted by molar-refractivity contribution is 7.14. The van der Waals surface area contributed by atoms with Crippen LogP contribution in [0, 0.1) is 0 Å². The zero-order chi connectivity index (χ0) is 14.5. The summed E-state index contributed by atoms with van der Waals surface area (Å²) in [4.78, 5) is 14.0. The summed E-state index contributed by atoms with van der Waals surface area (Å²) in [6.07, 6.45) is 0.945. The van der Waals surface area contributed by atoms with Gasteiger partial charge in [0.05, 0.1) is 12.0 Å². The first-order valence-electron chi connectivity index (χ1n) is 6.43. The summed E-state index contributed by atoms with van der Waals surface area (Å²) in [5, 5.41) is 2.89. The summed E-state index contributed by atoms with van der Waals surface area (Å²) in [5.41, 5.74) is 7.28. The summed E-state index contributed by atoms with van der Waals surface area (Å²) < 4.78 is 5.26. The number of anilines is 1. The number of nitrogens with two attached hydrogens (primary N) is 1. The average Bonchev–Trinajstić information content (AvgIpc) is 2.94. The molecule has 4 nitrogen and oxygen atoms in total. The van der Waals surface area contributed by atoms with Crippen molar-refractivity contribution in [2.45, 2.75) is 19.9 Å². The van der Waals surface area contributed by atoms with Crippen molar-refractivity contribution < 1.29 is 9.53 Å². The van der Waals surface area contributed by atoms with Crippen LogP contribution in [0.4, 0.5) is 5.69 Å². The first kappa shape index (κ1) is 14.4. The summed E-state index contributed by atoms with van der Waals surface area (Å²) in [6.45, 7) is 2.47. The van der Waals surface area contributed by atoms with Crippen molar-refractivity contribution >= 4 is 22.9 Å². The van der Waals surface area contributed by atoms with Gasteiger partial charge in [-0.25, -0.2) is 0 Å². The van der Waals surface area contributed by atoms with E-state index in [1.165, 1.54) is 16.2 Å². The highest BCUT2D eigenvalue weighted by atomic mass is 32.1. The molecule has 0 aliphatic carbocycles. The van der Waals surface area contributed by atoms with E-state index in [9.17, 15) is 4.79 Å². The van der Waals surface area contributed by atoms with Gasteiger partial charge >= 0.3 is 0 Å². The number of hydrogen-bond acceptors (Lipinski definition) is 4. The molecule has 0 aliphatic heterocycles. The molecule has 2 aromatic rings. The quantitative estimate of drug-likeness (QED) is 0.832. The predicted octanol–water partition coefficient (Wildman–Crippen LogP) is 2.83. The van der Waals surface area contributed by atoms with Crippen LogP contribution in [0.1, 0.15) is 27.0 Å². The third-order valence-electron chi connectivity index (χ3n) is 2.98. The molecule has 0 aliphatic rings. The van der Waals surface area contributed by atoms with Gasteiger partial charge in [-0.3, -0.25) is 4.79 Å². The third-order valence-corrected chi connectivity index (χ3v) is 4.21. The number of nitrogen functional groups attached to an aromatic ring is 1. The second kappa shape index (κ2) is 6.43. The van der Waals surface area contributed by atoms with E-state index < -0.39 is 0 Å². The molecule has 0 radical (unpaired) electrons. The lowest BCUT2D eigenvalue weighted by Crippen LogP contribution is -2.22. The number of amides is 1. The molecule has 0 bridgehead atoms. The van der Waals surface area contributed by atoms with Gasteiger partial charge in [0.25, 0.3) is 5.91 Å². The van der Waals surface area contributed by atoms with Crippen molar-refractivity contribution in [1.29, 1.82) is 0 Å². The Morgan fingerprint density at radius 2 is 2.15 bits per heavy atom. The Kier molecular flexibility index (Phi) is 4.63. The Morgan fingerprint density at radius 1 is 1.35 bits per heavy atom. The van der Waals surface area contributed by atoms with Crippen LogP contribution in [0.3, 0.4) is 0 Å². The van der Waals surface area contributed by atoms with Crippen LogP contribution >= 0.6 is 11.3 Å². The molecule has 0 saturated carbocycles. The summed E-state index contributed by atoms with van der Waals surface area (Å²) >= 11 is 1.52. The Labute approximate surface area is 122 Å². The molecule has 0 unspecified atom stereocenters. The molecule has 0 atom stereocenters. The van der Waals surface area contributed by atoms with Crippen molar-refractivity contribution in [2.24, 2.45) is 0 Å². The van der Waals surface area contributed by atoms with Gasteiger partial charge in [0, 0.05) is 22.7 Å². The van der Waals surface area contributed by atoms with Gasteiger partial charge in [-0.05, 0) is 36.8 Å². The van der Waals surface area contributed by atoms with Crippen LogP contribution in [0.5, 0.6) is 5.75 Å². The Morgan fingerprint density at radius 3 is 2.80 bits per heavy atom. The van der Waals surface area contributed by atoms with E-state index in [4.69, 9.17) is 10.5 Å². The molecule has 3 N–H and O–H groups in total. The number of ether oxygens (including phenoxy) is 1. The number of carbonyl (C=O) groups excluding carboxylic acids is 1. The van der Waals surface area contributed by atoms with Crippen LogP contribution in [0.15, 0.2) is 30.3 Å². The number of aryl methyl sites for hydroxylation is 1. The number of benzene rings is 1. The van der Waals surface area contributed by atoms with Crippen molar-refractivity contribution in [2.75, 3.05) is 12.8 Å². The summed E-state index contributed by atoms with van der Waals surface area (Å²) in [6, 6.07) is 9.23. The molecule has 0 spiro atoms. The monoisotopic (exact) mass is 290 g/mol. The van der Waals surface area contributed by atoms with E-state index in [1.54, 1.807) is 19.2 Å². The maximum absolute atomic E-state index is 12.1. The lowest BCUT2D eigenvalue weighted by atomic mass is 10.1. The van der Waals surface area contributed by atoms with Gasteiger partial charge in [0.15, 0.2) is 0 Å². The van der Waals surface area contributed by atoms with E-state index in [2.05, 4.69) is 12.2 Å². The zero-order valence-corrected chi connectivity index (χ0v) is 12.4. The van der Waals surface area contributed by atoms with Gasteiger partial charge in [-0.15, -0.1) is 11.3 Å². The third kappa shape index (κ3) is 3.30. The van der Waals surface area contributed by atoms with Crippen LogP contribution < -0.4 is 15.8 Å². The average molecular weight is 290 g/mol. The zero-order valence-electron chi connectivity index (χ0n) is 11.6. The van der Waals surface area contributed by atoms with E-state index >= 15 is 0 Å². The molecule has 0 saturated heterocycles. The molecule has 1 amide bonds. The minimum Gasteiger partial charge on any atom is -0.496 e. The van der Waals surface area contributed by atoms with Crippen LogP contribution in [-0.2, 0) is 13.0 Å². The highest BCUT2D eigenvalue weighted by Crippen LogP contribution is 2.21. The van der Waals surface area contributed by atoms with E-state index in [-0.39, 0.29) is 5.91 Å². The molecule has 1 heterocycles. The second-order valence-corrected chi connectivity index (χ2v) is 5.54. The second-order valence-electron chi connectivity index (χ2n) is 4.37. The lowest BCUT2D eigenvalue weighted by Gasteiger charge is -2.10. The minimum atomic E-state index is -0.0702. The Balaban J connectivity index is 2.04. The molecule has 0 fully saturated rings.